The molecule has 0 amide bonds. The molecule has 1 aromatic heterocycles. The molecule has 2 saturated heterocycles. The summed E-state index contributed by atoms with van der Waals surface area (Å²) in [6.45, 7) is 4.47. The minimum absolute atomic E-state index is 0.395. The minimum Gasteiger partial charge on any atom is -0.355 e. The number of aromatic nitrogens is 2. The third-order valence-corrected chi connectivity index (χ3v) is 7.56. The van der Waals surface area contributed by atoms with Crippen LogP contribution < -0.4 is 18.8 Å². The van der Waals surface area contributed by atoms with Gasteiger partial charge >= 0.3 is 0 Å². The SMILES string of the molecule is O=IN(O)c1cnc(NCc2ccccc2Cl)nc1N1CCC(C2CCNCC2)CC1. The summed E-state index contributed by atoms with van der Waals surface area (Å²) in [6, 6.07) is 7.63. The maximum atomic E-state index is 11.4. The van der Waals surface area contributed by atoms with Crippen LogP contribution in [0.4, 0.5) is 17.5 Å². The predicted molar refractivity (Wildman–Crippen MR) is 130 cm³/mol. The summed E-state index contributed by atoms with van der Waals surface area (Å²) in [7, 11) is 0. The third kappa shape index (κ3) is 5.63. The topological polar surface area (TPSA) is 93.6 Å². The largest absolute Gasteiger partial charge is 0.355 e. The second-order valence-electron chi connectivity index (χ2n) is 8.09. The summed E-state index contributed by atoms with van der Waals surface area (Å²) < 4.78 is 12.2. The molecule has 2 aliphatic rings. The minimum atomic E-state index is -1.77. The van der Waals surface area contributed by atoms with Crippen LogP contribution in [0.5, 0.6) is 0 Å². The van der Waals surface area contributed by atoms with Crippen molar-refractivity contribution in [1.82, 2.24) is 15.3 Å². The molecule has 0 radical (unpaired) electrons. The Morgan fingerprint density at radius 3 is 2.61 bits per heavy atom. The van der Waals surface area contributed by atoms with E-state index < -0.39 is 21.5 Å². The molecule has 3 heterocycles. The first-order valence-corrected chi connectivity index (χ1v) is 12.9. The van der Waals surface area contributed by atoms with Gasteiger partial charge in [-0.25, -0.2) is 8.05 Å². The molecule has 0 saturated carbocycles. The first kappa shape index (κ1) is 22.6. The van der Waals surface area contributed by atoms with Crippen LogP contribution in [0, 0.1) is 11.8 Å². The number of piperidine rings is 2. The Hall–Kier alpha value is -1.56. The number of hydrogen-bond acceptors (Lipinski definition) is 7. The van der Waals surface area contributed by atoms with Crippen molar-refractivity contribution in [2.75, 3.05) is 39.7 Å². The molecule has 1 aromatic carbocycles. The maximum absolute atomic E-state index is 11.4. The third-order valence-electron chi connectivity index (χ3n) is 6.30. The molecule has 0 bridgehead atoms. The number of halogens is 2. The van der Waals surface area contributed by atoms with E-state index in [0.717, 1.165) is 59.7 Å². The van der Waals surface area contributed by atoms with Gasteiger partial charge in [-0.2, -0.15) is 8.26 Å². The molecule has 0 spiro atoms. The number of nitrogens with zero attached hydrogens (tertiary/aromatic N) is 4. The summed E-state index contributed by atoms with van der Waals surface area (Å²) in [5.41, 5.74) is 1.35. The van der Waals surface area contributed by atoms with Crippen molar-refractivity contribution < 1.29 is 8.28 Å². The van der Waals surface area contributed by atoms with E-state index in [9.17, 15) is 8.28 Å². The van der Waals surface area contributed by atoms with Crippen LogP contribution in [0.25, 0.3) is 0 Å². The molecule has 10 heteroatoms. The van der Waals surface area contributed by atoms with Gasteiger partial charge in [0.25, 0.3) is 21.5 Å². The molecule has 0 atom stereocenters. The van der Waals surface area contributed by atoms with Crippen molar-refractivity contribution in [3.8, 4) is 0 Å². The van der Waals surface area contributed by atoms with E-state index in [1.54, 1.807) is 0 Å². The zero-order valence-corrected chi connectivity index (χ0v) is 20.2. The van der Waals surface area contributed by atoms with Gasteiger partial charge in [0, 0.05) is 24.7 Å². The van der Waals surface area contributed by atoms with Crippen LogP contribution in [0.2, 0.25) is 5.02 Å². The van der Waals surface area contributed by atoms with E-state index in [1.807, 2.05) is 24.3 Å². The molecule has 0 unspecified atom stereocenters. The second-order valence-corrected chi connectivity index (χ2v) is 9.80. The molecule has 0 aliphatic carbocycles. The lowest BCUT2D eigenvalue weighted by atomic mass is 9.79. The van der Waals surface area contributed by atoms with Crippen LogP contribution in [-0.4, -0.2) is 41.4 Å². The smallest absolute Gasteiger partial charge is 0.300 e. The maximum Gasteiger partial charge on any atom is 0.300 e. The molecular weight excluding hydrogens is 531 g/mol. The highest BCUT2D eigenvalue weighted by atomic mass is 127. The lowest BCUT2D eigenvalue weighted by Crippen LogP contribution is -2.40. The second kappa shape index (κ2) is 10.8. The van der Waals surface area contributed by atoms with Gasteiger partial charge in [-0.05, 0) is 62.2 Å². The predicted octanol–water partition coefficient (Wildman–Crippen LogP) is 4.38. The van der Waals surface area contributed by atoms with Crippen molar-refractivity contribution in [3.63, 3.8) is 0 Å². The Morgan fingerprint density at radius 2 is 1.90 bits per heavy atom. The highest BCUT2D eigenvalue weighted by Gasteiger charge is 2.29. The number of anilines is 3. The Balaban J connectivity index is 1.47. The quantitative estimate of drug-likeness (QED) is 0.262. The highest BCUT2D eigenvalue weighted by Crippen LogP contribution is 2.36. The Kier molecular flexibility index (Phi) is 7.91. The van der Waals surface area contributed by atoms with E-state index in [0.29, 0.717) is 29.0 Å². The average Bonchev–Trinajstić information content (AvgIpc) is 2.83. The molecule has 2 fully saturated rings. The first-order valence-electron chi connectivity index (χ1n) is 10.7. The van der Waals surface area contributed by atoms with Gasteiger partial charge in [0.1, 0.15) is 5.69 Å². The van der Waals surface area contributed by atoms with Crippen LogP contribution >= 0.6 is 33.1 Å². The van der Waals surface area contributed by atoms with Gasteiger partial charge in [-0.15, -0.1) is 0 Å². The normalized spacial score (nSPS) is 18.2. The summed E-state index contributed by atoms with van der Waals surface area (Å²) in [6.07, 6.45) is 6.26. The van der Waals surface area contributed by atoms with Crippen molar-refractivity contribution in [2.24, 2.45) is 11.8 Å². The molecular formula is C21H28ClIN6O2. The van der Waals surface area contributed by atoms with Crippen molar-refractivity contribution >= 4 is 50.5 Å². The zero-order valence-electron chi connectivity index (χ0n) is 17.3. The summed E-state index contributed by atoms with van der Waals surface area (Å²) in [5.74, 6) is 2.61. The van der Waals surface area contributed by atoms with Gasteiger partial charge in [0.2, 0.25) is 5.95 Å². The van der Waals surface area contributed by atoms with Crippen molar-refractivity contribution in [1.29, 1.82) is 0 Å². The number of benzene rings is 1. The fraction of sp³-hybridized carbons (Fsp3) is 0.524. The number of hydrogen-bond donors (Lipinski definition) is 3. The molecule has 3 N–H and O–H groups in total. The van der Waals surface area contributed by atoms with Gasteiger partial charge in [0.15, 0.2) is 5.82 Å². The molecule has 2 aliphatic heterocycles. The van der Waals surface area contributed by atoms with Crippen LogP contribution in [0.15, 0.2) is 30.5 Å². The Bertz CT molecular complexity index is 890. The van der Waals surface area contributed by atoms with Crippen molar-refractivity contribution in [3.05, 3.63) is 41.0 Å². The Labute approximate surface area is 198 Å². The summed E-state index contributed by atoms with van der Waals surface area (Å²) in [5, 5.41) is 17.5. The fourth-order valence-corrected chi connectivity index (χ4v) is 5.32. The highest BCUT2D eigenvalue weighted by molar-refractivity contribution is 14.1. The molecule has 8 nitrogen and oxygen atoms in total. The summed E-state index contributed by atoms with van der Waals surface area (Å²) >= 11 is 4.48. The molecule has 2 aromatic rings. The fourth-order valence-electron chi connectivity index (χ4n) is 4.57. The van der Waals surface area contributed by atoms with Crippen molar-refractivity contribution in [2.45, 2.75) is 32.2 Å². The van der Waals surface area contributed by atoms with E-state index in [2.05, 4.69) is 25.5 Å². The van der Waals surface area contributed by atoms with E-state index >= 15 is 0 Å². The zero-order chi connectivity index (χ0) is 21.6. The average molecular weight is 559 g/mol. The van der Waals surface area contributed by atoms with Gasteiger partial charge in [0.05, 0.1) is 6.20 Å². The lowest BCUT2D eigenvalue weighted by Gasteiger charge is -2.38. The van der Waals surface area contributed by atoms with E-state index in [4.69, 9.17) is 11.6 Å². The standard InChI is InChI=1S/C21H28ClIN6O2/c22-18-4-2-1-3-17(18)13-25-21-26-14-19(29(31)23-30)20(27-21)28-11-7-16(8-12-28)15-5-9-24-10-6-15/h1-4,14-16,24,31H,5-13H2,(H,25,26,27). The molecule has 4 rings (SSSR count). The van der Waals surface area contributed by atoms with Gasteiger partial charge in [-0.3, -0.25) is 5.21 Å². The first-order chi connectivity index (χ1) is 15.2. The van der Waals surface area contributed by atoms with Crippen LogP contribution in [0.3, 0.4) is 0 Å². The Morgan fingerprint density at radius 1 is 1.19 bits per heavy atom. The van der Waals surface area contributed by atoms with Crippen LogP contribution in [0.1, 0.15) is 31.2 Å². The number of nitrogens with one attached hydrogen (secondary N) is 2. The number of rotatable bonds is 7. The van der Waals surface area contributed by atoms with E-state index in [-0.39, 0.29) is 0 Å². The molecule has 31 heavy (non-hydrogen) atoms. The monoisotopic (exact) mass is 558 g/mol. The van der Waals surface area contributed by atoms with Crippen LogP contribution in [-0.2, 0) is 9.61 Å². The summed E-state index contributed by atoms with van der Waals surface area (Å²) in [4.78, 5) is 11.2. The lowest BCUT2D eigenvalue weighted by molar-refractivity contribution is 0.221. The van der Waals surface area contributed by atoms with Gasteiger partial charge in [-0.1, -0.05) is 29.8 Å². The van der Waals surface area contributed by atoms with Gasteiger partial charge < -0.3 is 15.5 Å². The van der Waals surface area contributed by atoms with E-state index in [1.165, 1.54) is 19.0 Å². The molecule has 168 valence electrons.